The van der Waals surface area contributed by atoms with E-state index in [0.717, 1.165) is 11.6 Å². The minimum Gasteiger partial charge on any atom is -0.508 e. The number of phenols is 1. The molecule has 0 unspecified atom stereocenters. The molecule has 0 spiro atoms. The van der Waals surface area contributed by atoms with E-state index >= 15 is 0 Å². The summed E-state index contributed by atoms with van der Waals surface area (Å²) in [6.45, 7) is 0. The molecule has 0 fully saturated rings. The number of hydrogen-bond donors (Lipinski definition) is 2. The Kier molecular flexibility index (Phi) is 7.28. The maximum atomic E-state index is 12.0. The van der Waals surface area contributed by atoms with Gasteiger partial charge in [0.25, 0.3) is 0 Å². The maximum Gasteiger partial charge on any atom is 0.182 e. The normalized spacial score (nSPS) is 11.8. The average molecular weight is 382 g/mol. The lowest BCUT2D eigenvalue weighted by Crippen LogP contribution is -1.91. The summed E-state index contributed by atoms with van der Waals surface area (Å²) >= 11 is 0. The van der Waals surface area contributed by atoms with Gasteiger partial charge in [0.2, 0.25) is 0 Å². The van der Waals surface area contributed by atoms with Crippen molar-refractivity contribution in [2.45, 2.75) is 0 Å². The molecule has 6 nitrogen and oxygen atoms in total. The molecule has 146 valence electrons. The monoisotopic (exact) mass is 382 g/mol. The van der Waals surface area contributed by atoms with Gasteiger partial charge in [-0.05, 0) is 47.5 Å². The number of carbonyl (C=O) groups excluding carboxylic acids is 1. The van der Waals surface area contributed by atoms with Gasteiger partial charge in [-0.25, -0.2) is 0 Å². The second kappa shape index (κ2) is 9.87. The smallest absolute Gasteiger partial charge is 0.182 e. The van der Waals surface area contributed by atoms with Gasteiger partial charge in [-0.15, -0.1) is 0 Å². The first kappa shape index (κ1) is 20.6. The molecule has 0 aliphatic rings. The standard InChI is InChI=1S/C22H22O6/c1-26-20-11-7-16(13-22(20)28-3)5-9-18(24)14-17(23)8-4-15-6-10-19(25)21(12-15)27-2/h4-14,24-25H,1-3H3/b8-4+,9-5+,18-14-. The van der Waals surface area contributed by atoms with Crippen LogP contribution in [-0.2, 0) is 4.79 Å². The van der Waals surface area contributed by atoms with Crippen molar-refractivity contribution in [3.63, 3.8) is 0 Å². The Morgan fingerprint density at radius 2 is 1.39 bits per heavy atom. The minimum atomic E-state index is -0.387. The molecule has 0 aliphatic heterocycles. The summed E-state index contributed by atoms with van der Waals surface area (Å²) in [5.74, 6) is 0.922. The lowest BCUT2D eigenvalue weighted by atomic mass is 10.1. The van der Waals surface area contributed by atoms with Gasteiger partial charge in [0.05, 0.1) is 21.3 Å². The Morgan fingerprint density at radius 1 is 0.821 bits per heavy atom. The highest BCUT2D eigenvalue weighted by molar-refractivity contribution is 6.02. The van der Waals surface area contributed by atoms with Crippen molar-refractivity contribution in [1.29, 1.82) is 0 Å². The summed E-state index contributed by atoms with van der Waals surface area (Å²) in [5.41, 5.74) is 1.45. The molecular formula is C22H22O6. The Morgan fingerprint density at radius 3 is 2.04 bits per heavy atom. The number of allylic oxidation sites excluding steroid dienone is 3. The SMILES string of the molecule is COc1cc(/C=C/C(=O)/C=C(O)/C=C/c2ccc(OC)c(OC)c2)ccc1O. The zero-order chi connectivity index (χ0) is 20.5. The topological polar surface area (TPSA) is 85.2 Å². The van der Waals surface area contributed by atoms with Crippen molar-refractivity contribution in [1.82, 2.24) is 0 Å². The number of carbonyl (C=O) groups is 1. The molecule has 2 aromatic rings. The number of phenolic OH excluding ortho intramolecular Hbond substituents is 1. The van der Waals surface area contributed by atoms with Crippen LogP contribution in [0.5, 0.6) is 23.0 Å². The third-order valence-electron chi connectivity index (χ3n) is 3.79. The highest BCUT2D eigenvalue weighted by Gasteiger charge is 2.03. The zero-order valence-corrected chi connectivity index (χ0v) is 15.9. The molecule has 0 heterocycles. The number of aliphatic hydroxyl groups excluding tert-OH is 1. The van der Waals surface area contributed by atoms with Gasteiger partial charge < -0.3 is 24.4 Å². The van der Waals surface area contributed by atoms with Crippen LogP contribution in [0.25, 0.3) is 12.2 Å². The largest absolute Gasteiger partial charge is 0.508 e. The summed E-state index contributed by atoms with van der Waals surface area (Å²) in [5, 5.41) is 19.5. The van der Waals surface area contributed by atoms with Crippen LogP contribution in [0, 0.1) is 0 Å². The van der Waals surface area contributed by atoms with E-state index in [4.69, 9.17) is 14.2 Å². The predicted octanol–water partition coefficient (Wildman–Crippen LogP) is 4.16. The molecule has 28 heavy (non-hydrogen) atoms. The van der Waals surface area contributed by atoms with Crippen LogP contribution in [0.2, 0.25) is 0 Å². The molecule has 0 bridgehead atoms. The van der Waals surface area contributed by atoms with Gasteiger partial charge in [-0.3, -0.25) is 4.79 Å². The summed E-state index contributed by atoms with van der Waals surface area (Å²) < 4.78 is 15.4. The van der Waals surface area contributed by atoms with Gasteiger partial charge in [0, 0.05) is 6.08 Å². The maximum absolute atomic E-state index is 12.0. The molecule has 0 amide bonds. The molecule has 2 rings (SSSR count). The van der Waals surface area contributed by atoms with E-state index in [1.165, 1.54) is 32.4 Å². The molecule has 2 N–H and O–H groups in total. The van der Waals surface area contributed by atoms with Crippen molar-refractivity contribution >= 4 is 17.9 Å². The minimum absolute atomic E-state index is 0.0174. The second-order valence-electron chi connectivity index (χ2n) is 5.68. The van der Waals surface area contributed by atoms with Crippen molar-refractivity contribution < 1.29 is 29.2 Å². The molecule has 0 atom stereocenters. The number of ether oxygens (including phenoxy) is 3. The number of ketones is 1. The van der Waals surface area contributed by atoms with E-state index in [1.54, 1.807) is 49.6 Å². The van der Waals surface area contributed by atoms with Crippen LogP contribution >= 0.6 is 0 Å². The van der Waals surface area contributed by atoms with Crippen molar-refractivity contribution in [3.05, 3.63) is 71.5 Å². The van der Waals surface area contributed by atoms with Gasteiger partial charge in [-0.1, -0.05) is 24.3 Å². The number of methoxy groups -OCH3 is 3. The Hall–Kier alpha value is -3.67. The summed E-state index contributed by atoms with van der Waals surface area (Å²) in [6, 6.07) is 10.0. The van der Waals surface area contributed by atoms with Crippen LogP contribution in [0.15, 0.2) is 60.4 Å². The Labute approximate surface area is 163 Å². The molecular weight excluding hydrogens is 360 g/mol. The van der Waals surface area contributed by atoms with Crippen molar-refractivity contribution in [3.8, 4) is 23.0 Å². The summed E-state index contributed by atoms with van der Waals surface area (Å²) in [6.07, 6.45) is 7.04. The highest BCUT2D eigenvalue weighted by Crippen LogP contribution is 2.28. The average Bonchev–Trinajstić information content (AvgIpc) is 2.71. The fourth-order valence-corrected chi connectivity index (χ4v) is 2.36. The number of aliphatic hydroxyl groups is 1. The van der Waals surface area contributed by atoms with Crippen molar-refractivity contribution in [2.75, 3.05) is 21.3 Å². The van der Waals surface area contributed by atoms with Gasteiger partial charge in [0.1, 0.15) is 5.76 Å². The quantitative estimate of drug-likeness (QED) is 0.405. The molecule has 0 aliphatic carbocycles. The molecule has 0 aromatic heterocycles. The number of aromatic hydroxyl groups is 1. The van der Waals surface area contributed by atoms with Gasteiger partial charge in [-0.2, -0.15) is 0 Å². The number of benzene rings is 2. The van der Waals surface area contributed by atoms with E-state index in [1.807, 2.05) is 0 Å². The first-order valence-electron chi connectivity index (χ1n) is 8.36. The van der Waals surface area contributed by atoms with Crippen LogP contribution in [-0.4, -0.2) is 37.3 Å². The fraction of sp³-hybridized carbons (Fsp3) is 0.136. The van der Waals surface area contributed by atoms with Gasteiger partial charge >= 0.3 is 0 Å². The third kappa shape index (κ3) is 5.67. The van der Waals surface area contributed by atoms with Crippen LogP contribution < -0.4 is 14.2 Å². The summed E-state index contributed by atoms with van der Waals surface area (Å²) in [7, 11) is 4.53. The van der Waals surface area contributed by atoms with E-state index in [9.17, 15) is 15.0 Å². The molecule has 6 heteroatoms. The number of hydrogen-bond acceptors (Lipinski definition) is 6. The van der Waals surface area contributed by atoms with Gasteiger partial charge in [0.15, 0.2) is 28.8 Å². The summed E-state index contributed by atoms with van der Waals surface area (Å²) in [4.78, 5) is 12.0. The predicted molar refractivity (Wildman–Crippen MR) is 108 cm³/mol. The van der Waals surface area contributed by atoms with Crippen LogP contribution in [0.4, 0.5) is 0 Å². The highest BCUT2D eigenvalue weighted by atomic mass is 16.5. The zero-order valence-electron chi connectivity index (χ0n) is 15.9. The lowest BCUT2D eigenvalue weighted by Gasteiger charge is -2.07. The Balaban J connectivity index is 2.06. The van der Waals surface area contributed by atoms with E-state index < -0.39 is 0 Å². The third-order valence-corrected chi connectivity index (χ3v) is 3.79. The van der Waals surface area contributed by atoms with E-state index in [2.05, 4.69) is 0 Å². The second-order valence-corrected chi connectivity index (χ2v) is 5.68. The lowest BCUT2D eigenvalue weighted by molar-refractivity contribution is -0.110. The molecule has 0 radical (unpaired) electrons. The van der Waals surface area contributed by atoms with E-state index in [0.29, 0.717) is 22.8 Å². The fourth-order valence-electron chi connectivity index (χ4n) is 2.36. The number of rotatable bonds is 8. The first-order valence-corrected chi connectivity index (χ1v) is 8.36. The molecule has 2 aromatic carbocycles. The van der Waals surface area contributed by atoms with Crippen LogP contribution in [0.1, 0.15) is 11.1 Å². The first-order chi connectivity index (χ1) is 13.5. The molecule has 0 saturated carbocycles. The Bertz CT molecular complexity index is 925. The van der Waals surface area contributed by atoms with Crippen molar-refractivity contribution in [2.24, 2.45) is 0 Å². The van der Waals surface area contributed by atoms with E-state index in [-0.39, 0.29) is 17.3 Å². The molecule has 0 saturated heterocycles. The van der Waals surface area contributed by atoms with Crippen LogP contribution in [0.3, 0.4) is 0 Å².